The first-order valence-corrected chi connectivity index (χ1v) is 11.8. The van der Waals surface area contributed by atoms with Gasteiger partial charge in [-0.3, -0.25) is 0 Å². The lowest BCUT2D eigenvalue weighted by Crippen LogP contribution is -2.31. The third kappa shape index (κ3) is 3.16. The highest BCUT2D eigenvalue weighted by Gasteiger charge is 2.33. The Bertz CT molecular complexity index is 1240. The summed E-state index contributed by atoms with van der Waals surface area (Å²) in [5.74, 6) is 2.50. The first-order valence-electron chi connectivity index (χ1n) is 11.0. The van der Waals surface area contributed by atoms with Crippen molar-refractivity contribution in [2.75, 3.05) is 22.9 Å². The van der Waals surface area contributed by atoms with Crippen molar-refractivity contribution in [2.24, 2.45) is 0 Å². The summed E-state index contributed by atoms with van der Waals surface area (Å²) in [6, 6.07) is 12.4. The zero-order valence-corrected chi connectivity index (χ0v) is 19.7. The van der Waals surface area contributed by atoms with Gasteiger partial charge < -0.3 is 9.80 Å². The van der Waals surface area contributed by atoms with Crippen molar-refractivity contribution in [2.45, 2.75) is 40.3 Å². The third-order valence-corrected chi connectivity index (χ3v) is 6.85. The van der Waals surface area contributed by atoms with Gasteiger partial charge in [-0.2, -0.15) is 0 Å². The van der Waals surface area contributed by atoms with Crippen LogP contribution in [0.15, 0.2) is 54.4 Å². The highest BCUT2D eigenvalue weighted by Crippen LogP contribution is 2.43. The second-order valence-corrected chi connectivity index (χ2v) is 8.81. The summed E-state index contributed by atoms with van der Waals surface area (Å²) in [5.41, 5.74) is 6.22. The molecule has 1 aromatic heterocycles. The fourth-order valence-corrected chi connectivity index (χ4v) is 5.40. The van der Waals surface area contributed by atoms with Crippen molar-refractivity contribution < 1.29 is 4.57 Å². The minimum atomic E-state index is 0.774. The van der Waals surface area contributed by atoms with Gasteiger partial charge in [0.15, 0.2) is 11.0 Å². The molecule has 0 aliphatic carbocycles. The number of fused-ring (bicyclic) bond motifs is 4. The lowest BCUT2D eigenvalue weighted by Gasteiger charge is -2.23. The molecular formula is C25H27Cl2N4+. The summed E-state index contributed by atoms with van der Waals surface area (Å²) in [5, 5.41) is 1.56. The number of imidazole rings is 1. The van der Waals surface area contributed by atoms with Gasteiger partial charge >= 0.3 is 0 Å². The molecule has 2 aliphatic heterocycles. The lowest BCUT2D eigenvalue weighted by molar-refractivity contribution is -0.664. The Morgan fingerprint density at radius 3 is 2.32 bits per heavy atom. The van der Waals surface area contributed by atoms with Gasteiger partial charge in [-0.25, -0.2) is 9.13 Å². The minimum absolute atomic E-state index is 0.774. The van der Waals surface area contributed by atoms with E-state index < -0.39 is 0 Å². The van der Waals surface area contributed by atoms with Crippen molar-refractivity contribution in [1.82, 2.24) is 4.57 Å². The Hall–Kier alpha value is -2.43. The molecule has 0 spiro atoms. The Balaban J connectivity index is 1.61. The van der Waals surface area contributed by atoms with Gasteiger partial charge in [0.2, 0.25) is 0 Å². The second kappa shape index (κ2) is 7.92. The van der Waals surface area contributed by atoms with E-state index in [2.05, 4.69) is 76.1 Å². The molecule has 0 radical (unpaired) electrons. The third-order valence-electron chi connectivity index (χ3n) is 6.38. The van der Waals surface area contributed by atoms with E-state index in [0.717, 1.165) is 42.6 Å². The molecule has 2 aromatic carbocycles. The first kappa shape index (κ1) is 20.5. The molecule has 31 heavy (non-hydrogen) atoms. The van der Waals surface area contributed by atoms with E-state index in [4.69, 9.17) is 23.2 Å². The molecule has 0 atom stereocenters. The maximum absolute atomic E-state index is 6.31. The average Bonchev–Trinajstić information content (AvgIpc) is 3.40. The van der Waals surface area contributed by atoms with Gasteiger partial charge in [-0.05, 0) is 63.3 Å². The topological polar surface area (TPSA) is 15.3 Å². The van der Waals surface area contributed by atoms with E-state index in [1.54, 1.807) is 0 Å². The van der Waals surface area contributed by atoms with Crippen molar-refractivity contribution >= 4 is 51.2 Å². The van der Waals surface area contributed by atoms with Gasteiger partial charge in [0.05, 0.1) is 24.5 Å². The quantitative estimate of drug-likeness (QED) is 0.433. The molecule has 2 aliphatic rings. The molecule has 0 saturated carbocycles. The Kier molecular flexibility index (Phi) is 5.23. The summed E-state index contributed by atoms with van der Waals surface area (Å²) in [6.45, 7) is 10.3. The molecule has 3 aromatic rings. The first-order chi connectivity index (χ1) is 15.1. The van der Waals surface area contributed by atoms with Crippen molar-refractivity contribution in [3.05, 3.63) is 70.2 Å². The van der Waals surface area contributed by atoms with Crippen LogP contribution in [0.5, 0.6) is 0 Å². The van der Waals surface area contributed by atoms with E-state index in [-0.39, 0.29) is 0 Å². The molecule has 0 amide bonds. The Morgan fingerprint density at radius 1 is 0.871 bits per heavy atom. The van der Waals surface area contributed by atoms with Crippen LogP contribution in [-0.4, -0.2) is 17.7 Å². The van der Waals surface area contributed by atoms with Gasteiger partial charge in [0.25, 0.3) is 5.82 Å². The molecule has 0 saturated heterocycles. The summed E-state index contributed by atoms with van der Waals surface area (Å²) in [4.78, 5) is 4.71. The predicted molar refractivity (Wildman–Crippen MR) is 131 cm³/mol. The summed E-state index contributed by atoms with van der Waals surface area (Å²) in [7, 11) is 0. The molecule has 0 N–H and O–H groups in total. The molecule has 6 heteroatoms. The number of halogens is 2. The van der Waals surface area contributed by atoms with Crippen LogP contribution in [0, 0.1) is 0 Å². The minimum Gasteiger partial charge on any atom is -0.326 e. The van der Waals surface area contributed by atoms with E-state index >= 15 is 0 Å². The van der Waals surface area contributed by atoms with Crippen LogP contribution in [-0.2, 0) is 13.1 Å². The molecule has 3 heterocycles. The van der Waals surface area contributed by atoms with Crippen LogP contribution < -0.4 is 14.4 Å². The average molecular weight is 454 g/mol. The highest BCUT2D eigenvalue weighted by atomic mass is 35.5. The summed E-state index contributed by atoms with van der Waals surface area (Å²) < 4.78 is 4.81. The van der Waals surface area contributed by atoms with Crippen molar-refractivity contribution in [1.29, 1.82) is 0 Å². The number of benzene rings is 2. The molecule has 0 fully saturated rings. The smallest absolute Gasteiger partial charge is 0.285 e. The zero-order chi connectivity index (χ0) is 21.7. The van der Waals surface area contributed by atoms with Gasteiger partial charge in [0, 0.05) is 41.2 Å². The number of nitrogens with zero attached hydrogens (tertiary/aromatic N) is 4. The summed E-state index contributed by atoms with van der Waals surface area (Å²) in [6.07, 6.45) is 5.62. The van der Waals surface area contributed by atoms with Crippen LogP contribution in [0.25, 0.3) is 16.6 Å². The SMILES string of the molecule is CCN1C(=CC=C2CC[n+]3c2n(CC)c2cc(Cl)ccc23)N(CC)c2cc(Cl)ccc21. The molecule has 0 unspecified atom stereocenters. The van der Waals surface area contributed by atoms with Gasteiger partial charge in [-0.1, -0.05) is 23.2 Å². The molecule has 0 bridgehead atoms. The fraction of sp³-hybridized carbons (Fsp3) is 0.320. The molecule has 160 valence electrons. The van der Waals surface area contributed by atoms with Crippen LogP contribution in [0.2, 0.25) is 10.0 Å². The van der Waals surface area contributed by atoms with Crippen molar-refractivity contribution in [3.63, 3.8) is 0 Å². The molecular weight excluding hydrogens is 427 g/mol. The van der Waals surface area contributed by atoms with Gasteiger partial charge in [-0.15, -0.1) is 0 Å². The number of anilines is 2. The van der Waals surface area contributed by atoms with Crippen LogP contribution >= 0.6 is 23.2 Å². The summed E-state index contributed by atoms with van der Waals surface area (Å²) >= 11 is 12.6. The molecule has 5 rings (SSSR count). The van der Waals surface area contributed by atoms with Crippen LogP contribution in [0.1, 0.15) is 33.0 Å². The van der Waals surface area contributed by atoms with Gasteiger partial charge in [0.1, 0.15) is 5.82 Å². The number of aromatic nitrogens is 2. The van der Waals surface area contributed by atoms with E-state index in [9.17, 15) is 0 Å². The van der Waals surface area contributed by atoms with E-state index in [1.165, 1.54) is 39.6 Å². The van der Waals surface area contributed by atoms with E-state index in [1.807, 2.05) is 12.1 Å². The largest absolute Gasteiger partial charge is 0.326 e. The second-order valence-electron chi connectivity index (χ2n) is 7.94. The Morgan fingerprint density at radius 2 is 1.58 bits per heavy atom. The molecule has 4 nitrogen and oxygen atoms in total. The lowest BCUT2D eigenvalue weighted by atomic mass is 10.2. The number of aryl methyl sites for hydroxylation is 2. The van der Waals surface area contributed by atoms with Crippen LogP contribution in [0.3, 0.4) is 0 Å². The zero-order valence-electron chi connectivity index (χ0n) is 18.2. The number of hydrogen-bond donors (Lipinski definition) is 0. The standard InChI is InChI=1S/C25H27Cl2N4/c1-4-28-20-10-8-18(26)15-22(20)29(5-2)24(28)12-7-17-13-14-31-21-11-9-19(27)16-23(21)30(6-3)25(17)31/h7-12,15-16H,4-6,13-14H2,1-3H3/q+1. The predicted octanol–water partition coefficient (Wildman–Crippen LogP) is 6.25. The van der Waals surface area contributed by atoms with E-state index in [0.29, 0.717) is 0 Å². The normalized spacial score (nSPS) is 18.0. The number of rotatable bonds is 4. The monoisotopic (exact) mass is 453 g/mol. The number of hydrogen-bond acceptors (Lipinski definition) is 2. The Labute approximate surface area is 193 Å². The number of allylic oxidation sites excluding steroid dienone is 3. The van der Waals surface area contributed by atoms with Crippen molar-refractivity contribution in [3.8, 4) is 0 Å². The maximum atomic E-state index is 6.31. The maximum Gasteiger partial charge on any atom is 0.285 e. The fourth-order valence-electron chi connectivity index (χ4n) is 5.06. The highest BCUT2D eigenvalue weighted by molar-refractivity contribution is 6.31. The van der Waals surface area contributed by atoms with Crippen LogP contribution in [0.4, 0.5) is 11.4 Å².